The van der Waals surface area contributed by atoms with E-state index in [9.17, 15) is 9.59 Å². The van der Waals surface area contributed by atoms with Gasteiger partial charge in [-0.3, -0.25) is 4.79 Å². The Labute approximate surface area is 130 Å². The minimum absolute atomic E-state index is 0.0620. The average molecular weight is 306 g/mol. The second kappa shape index (κ2) is 4.13. The smallest absolute Gasteiger partial charge is 0.330 e. The molecule has 2 heterocycles. The Morgan fingerprint density at radius 1 is 1.36 bits per heavy atom. The van der Waals surface area contributed by atoms with Crippen molar-refractivity contribution in [3.8, 4) is 0 Å². The Morgan fingerprint density at radius 3 is 2.86 bits per heavy atom. The lowest BCUT2D eigenvalue weighted by Gasteiger charge is -2.55. The van der Waals surface area contributed by atoms with E-state index in [1.54, 1.807) is 6.08 Å². The number of carbonyl (C=O) groups is 2. The zero-order chi connectivity index (χ0) is 15.8. The van der Waals surface area contributed by atoms with E-state index >= 15 is 0 Å². The molecule has 0 aromatic heterocycles. The van der Waals surface area contributed by atoms with Gasteiger partial charge in [-0.2, -0.15) is 0 Å². The number of epoxide rings is 1. The van der Waals surface area contributed by atoms with Gasteiger partial charge >= 0.3 is 11.9 Å². The second-order valence-corrected chi connectivity index (χ2v) is 7.63. The molecule has 5 heteroatoms. The van der Waals surface area contributed by atoms with E-state index in [0.717, 1.165) is 31.3 Å². The maximum atomic E-state index is 12.5. The number of carbonyl (C=O) groups excluding carboxylic acids is 2. The number of fused-ring (bicyclic) bond motifs is 2. The van der Waals surface area contributed by atoms with Gasteiger partial charge in [-0.05, 0) is 43.1 Å². The molecule has 2 aliphatic carbocycles. The van der Waals surface area contributed by atoms with Crippen LogP contribution in [0.2, 0.25) is 0 Å². The Morgan fingerprint density at radius 2 is 2.14 bits per heavy atom. The van der Waals surface area contributed by atoms with E-state index < -0.39 is 11.0 Å². The normalized spacial score (nSPS) is 49.0. The Kier molecular flexibility index (Phi) is 2.68. The van der Waals surface area contributed by atoms with E-state index in [2.05, 4.69) is 6.92 Å². The molecule has 0 unspecified atom stereocenters. The van der Waals surface area contributed by atoms with Gasteiger partial charge in [-0.15, -0.1) is 0 Å². The Balaban J connectivity index is 1.81. The maximum absolute atomic E-state index is 12.5. The molecule has 3 fully saturated rings. The Bertz CT molecular complexity index is 596. The molecule has 0 aromatic rings. The minimum atomic E-state index is -0.512. The van der Waals surface area contributed by atoms with Crippen LogP contribution in [0.3, 0.4) is 0 Å². The van der Waals surface area contributed by atoms with Crippen LogP contribution >= 0.6 is 0 Å². The topological polar surface area (TPSA) is 65.1 Å². The highest BCUT2D eigenvalue weighted by Gasteiger charge is 2.73. The molecule has 0 bridgehead atoms. The van der Waals surface area contributed by atoms with Gasteiger partial charge in [-0.25, -0.2) is 4.79 Å². The van der Waals surface area contributed by atoms with Crippen molar-refractivity contribution in [3.05, 3.63) is 11.6 Å². The molecular formula is C17H22O5. The van der Waals surface area contributed by atoms with Crippen LogP contribution in [0, 0.1) is 16.7 Å². The summed E-state index contributed by atoms with van der Waals surface area (Å²) in [6.07, 6.45) is 5.27. The van der Waals surface area contributed by atoms with E-state index in [1.807, 2.05) is 6.92 Å². The van der Waals surface area contributed by atoms with Crippen LogP contribution in [0.25, 0.3) is 0 Å². The van der Waals surface area contributed by atoms with Crippen LogP contribution < -0.4 is 0 Å². The second-order valence-electron chi connectivity index (χ2n) is 7.63. The first kappa shape index (κ1) is 14.2. The molecule has 0 aromatic carbocycles. The van der Waals surface area contributed by atoms with Crippen LogP contribution in [0.5, 0.6) is 0 Å². The molecule has 0 radical (unpaired) electrons. The predicted octanol–water partition coefficient (Wildman–Crippen LogP) is 2.00. The van der Waals surface area contributed by atoms with E-state index in [4.69, 9.17) is 14.2 Å². The van der Waals surface area contributed by atoms with Crippen LogP contribution in [-0.2, 0) is 23.8 Å². The average Bonchev–Trinajstić information content (AvgIpc) is 3.19. The van der Waals surface area contributed by atoms with Crippen LogP contribution in [0.4, 0.5) is 0 Å². The van der Waals surface area contributed by atoms with Gasteiger partial charge in [0.05, 0.1) is 18.6 Å². The van der Waals surface area contributed by atoms with E-state index in [-0.39, 0.29) is 29.4 Å². The molecule has 5 atom stereocenters. The fraction of sp³-hybridized carbons (Fsp3) is 0.765. The molecule has 4 rings (SSSR count). The molecule has 5 nitrogen and oxygen atoms in total. The van der Waals surface area contributed by atoms with Crippen LogP contribution in [0.15, 0.2) is 11.6 Å². The molecule has 120 valence electrons. The third-order valence-corrected chi connectivity index (χ3v) is 6.61. The predicted molar refractivity (Wildman–Crippen MR) is 76.8 cm³/mol. The largest absolute Gasteiger partial charge is 0.469 e. The van der Waals surface area contributed by atoms with Gasteiger partial charge in [0.25, 0.3) is 0 Å². The quantitative estimate of drug-likeness (QED) is 0.547. The highest BCUT2D eigenvalue weighted by Crippen LogP contribution is 2.68. The van der Waals surface area contributed by atoms with Crippen molar-refractivity contribution in [3.63, 3.8) is 0 Å². The monoisotopic (exact) mass is 306 g/mol. The number of cyclic esters (lactones) is 1. The van der Waals surface area contributed by atoms with Gasteiger partial charge in [0.1, 0.15) is 6.61 Å². The lowest BCUT2D eigenvalue weighted by Crippen LogP contribution is -2.56. The summed E-state index contributed by atoms with van der Waals surface area (Å²) in [5.74, 6) is -0.295. The molecule has 1 spiro atoms. The van der Waals surface area contributed by atoms with Crippen molar-refractivity contribution in [2.24, 2.45) is 16.7 Å². The zero-order valence-electron chi connectivity index (χ0n) is 13.3. The summed E-state index contributed by atoms with van der Waals surface area (Å²) < 4.78 is 16.3. The van der Waals surface area contributed by atoms with Crippen molar-refractivity contribution >= 4 is 11.9 Å². The summed E-state index contributed by atoms with van der Waals surface area (Å²) in [5, 5.41) is 0. The highest BCUT2D eigenvalue weighted by molar-refractivity contribution is 5.86. The van der Waals surface area contributed by atoms with Crippen molar-refractivity contribution in [2.75, 3.05) is 13.7 Å². The number of hydrogen-bond acceptors (Lipinski definition) is 5. The maximum Gasteiger partial charge on any atom is 0.330 e. The summed E-state index contributed by atoms with van der Waals surface area (Å²) in [5.41, 5.74) is -0.0734. The summed E-state index contributed by atoms with van der Waals surface area (Å²) in [7, 11) is 1.46. The number of rotatable bonds is 1. The standard InChI is InChI=1S/C17H22O5/c1-15-5-4-6-16(2,14(19)20-3)10(15)7-12-17(22-12)9-21-13(18)8-11(15)17/h8,10,12H,4-7,9H2,1-3H3/t10-,12-,15+,16+,17+/m1/s1. The molecule has 1 saturated heterocycles. The van der Waals surface area contributed by atoms with Gasteiger partial charge in [-0.1, -0.05) is 13.3 Å². The molecule has 22 heavy (non-hydrogen) atoms. The number of esters is 2. The first-order chi connectivity index (χ1) is 10.4. The van der Waals surface area contributed by atoms with E-state index in [1.165, 1.54) is 7.11 Å². The van der Waals surface area contributed by atoms with Crippen molar-refractivity contribution in [1.29, 1.82) is 0 Å². The lowest BCUT2D eigenvalue weighted by atomic mass is 9.48. The first-order valence-electron chi connectivity index (χ1n) is 8.02. The van der Waals surface area contributed by atoms with Gasteiger partial charge in [0.15, 0.2) is 5.60 Å². The molecular weight excluding hydrogens is 284 g/mol. The van der Waals surface area contributed by atoms with Crippen molar-refractivity contribution in [1.82, 2.24) is 0 Å². The molecule has 2 saturated carbocycles. The molecule has 0 amide bonds. The fourth-order valence-electron chi connectivity index (χ4n) is 5.42. The third kappa shape index (κ3) is 1.53. The molecule has 0 N–H and O–H groups in total. The molecule has 2 aliphatic heterocycles. The van der Waals surface area contributed by atoms with Crippen LogP contribution in [0.1, 0.15) is 39.5 Å². The first-order valence-corrected chi connectivity index (χ1v) is 8.02. The number of ether oxygens (including phenoxy) is 3. The number of hydrogen-bond donors (Lipinski definition) is 0. The van der Waals surface area contributed by atoms with Crippen molar-refractivity contribution in [2.45, 2.75) is 51.2 Å². The van der Waals surface area contributed by atoms with Gasteiger partial charge in [0.2, 0.25) is 0 Å². The highest BCUT2D eigenvalue weighted by atomic mass is 16.6. The van der Waals surface area contributed by atoms with Crippen molar-refractivity contribution < 1.29 is 23.8 Å². The SMILES string of the molecule is COC(=O)[C@@]1(C)CCC[C@]2(C)C3=CC(=O)OC[C@]34O[C@@H]4C[C@@H]12. The van der Waals surface area contributed by atoms with Gasteiger partial charge in [0, 0.05) is 6.08 Å². The number of methoxy groups -OCH3 is 1. The minimum Gasteiger partial charge on any atom is -0.469 e. The summed E-state index contributed by atoms with van der Waals surface area (Å²) in [6.45, 7) is 4.51. The Hall–Kier alpha value is -1.36. The zero-order valence-corrected chi connectivity index (χ0v) is 13.3. The molecule has 4 aliphatic rings. The van der Waals surface area contributed by atoms with Gasteiger partial charge < -0.3 is 14.2 Å². The third-order valence-electron chi connectivity index (χ3n) is 6.61. The summed E-state index contributed by atoms with van der Waals surface area (Å²) in [6, 6.07) is 0. The fourth-order valence-corrected chi connectivity index (χ4v) is 5.42. The van der Waals surface area contributed by atoms with Crippen LogP contribution in [-0.4, -0.2) is 37.4 Å². The summed E-state index contributed by atoms with van der Waals surface area (Å²) >= 11 is 0. The summed E-state index contributed by atoms with van der Waals surface area (Å²) in [4.78, 5) is 24.3. The van der Waals surface area contributed by atoms with E-state index in [0.29, 0.717) is 6.61 Å². The lowest BCUT2D eigenvalue weighted by molar-refractivity contribution is -0.163.